The van der Waals surface area contributed by atoms with Crippen molar-refractivity contribution in [1.29, 1.82) is 0 Å². The van der Waals surface area contributed by atoms with Crippen molar-refractivity contribution in [2.24, 2.45) is 0 Å². The molecule has 0 saturated carbocycles. The van der Waals surface area contributed by atoms with Gasteiger partial charge in [0.25, 0.3) is 5.56 Å². The first-order valence-electron chi connectivity index (χ1n) is 4.52. The van der Waals surface area contributed by atoms with Gasteiger partial charge in [0, 0.05) is 18.4 Å². The number of hydrogen-bond acceptors (Lipinski definition) is 4. The molecule has 0 aliphatic rings. The maximum Gasteiger partial charge on any atom is 0.329 e. The molecule has 0 aromatic carbocycles. The van der Waals surface area contributed by atoms with E-state index in [9.17, 15) is 9.59 Å². The summed E-state index contributed by atoms with van der Waals surface area (Å²) in [6.45, 7) is 2.02. The lowest BCUT2D eigenvalue weighted by atomic mass is 10.3. The SMILES string of the molecule is CCn1c(=O)[nH]c2nccc(N)c2c1=O. The predicted molar refractivity (Wildman–Crippen MR) is 56.7 cm³/mol. The number of H-pyrrole nitrogens is 1. The summed E-state index contributed by atoms with van der Waals surface area (Å²) in [5, 5.41) is 0.263. The normalized spacial score (nSPS) is 10.7. The molecule has 0 radical (unpaired) electrons. The van der Waals surface area contributed by atoms with E-state index in [-0.39, 0.29) is 11.0 Å². The molecule has 2 rings (SSSR count). The first kappa shape index (κ1) is 9.45. The quantitative estimate of drug-likeness (QED) is 0.669. The minimum atomic E-state index is -0.465. The maximum atomic E-state index is 11.8. The number of nitrogen functional groups attached to an aromatic ring is 1. The molecule has 3 N–H and O–H groups in total. The molecule has 2 aromatic rings. The third-order valence-corrected chi connectivity index (χ3v) is 2.23. The highest BCUT2D eigenvalue weighted by Crippen LogP contribution is 2.09. The molecule has 0 bridgehead atoms. The standard InChI is InChI=1S/C9H10N4O2/c1-2-13-8(14)6-5(10)3-4-11-7(6)12-9(13)15/h3-4H,2H2,1H3,(H3,10,11,12,15). The third-order valence-electron chi connectivity index (χ3n) is 2.23. The molecule has 0 fully saturated rings. The van der Waals surface area contributed by atoms with Crippen molar-refractivity contribution in [3.05, 3.63) is 33.1 Å². The number of fused-ring (bicyclic) bond motifs is 1. The van der Waals surface area contributed by atoms with Gasteiger partial charge >= 0.3 is 5.69 Å². The van der Waals surface area contributed by atoms with Gasteiger partial charge in [-0.15, -0.1) is 0 Å². The van der Waals surface area contributed by atoms with Crippen molar-refractivity contribution in [2.75, 3.05) is 5.73 Å². The minimum absolute atomic E-state index is 0.231. The first-order chi connectivity index (χ1) is 7.15. The van der Waals surface area contributed by atoms with Crippen LogP contribution >= 0.6 is 0 Å². The second-order valence-corrected chi connectivity index (χ2v) is 3.10. The summed E-state index contributed by atoms with van der Waals surface area (Å²) < 4.78 is 1.08. The Bertz CT molecular complexity index is 626. The van der Waals surface area contributed by atoms with E-state index in [1.54, 1.807) is 6.92 Å². The molecule has 6 nitrogen and oxygen atoms in total. The van der Waals surface area contributed by atoms with Crippen molar-refractivity contribution in [2.45, 2.75) is 13.5 Å². The van der Waals surface area contributed by atoms with Crippen LogP contribution in [0.3, 0.4) is 0 Å². The number of rotatable bonds is 1. The number of nitrogens with two attached hydrogens (primary N) is 1. The Kier molecular flexibility index (Phi) is 2.03. The van der Waals surface area contributed by atoms with Gasteiger partial charge in [0.1, 0.15) is 11.0 Å². The lowest BCUT2D eigenvalue weighted by Crippen LogP contribution is -2.34. The Labute approximate surface area is 84.4 Å². The zero-order valence-corrected chi connectivity index (χ0v) is 8.15. The lowest BCUT2D eigenvalue weighted by Gasteiger charge is -2.03. The highest BCUT2D eigenvalue weighted by molar-refractivity contribution is 5.85. The molecule has 0 saturated heterocycles. The van der Waals surface area contributed by atoms with E-state index < -0.39 is 11.2 Å². The van der Waals surface area contributed by atoms with E-state index >= 15 is 0 Å². The zero-order chi connectivity index (χ0) is 11.0. The Balaban J connectivity index is 3.06. The second kappa shape index (κ2) is 3.23. The fraction of sp³-hybridized carbons (Fsp3) is 0.222. The minimum Gasteiger partial charge on any atom is -0.398 e. The largest absolute Gasteiger partial charge is 0.398 e. The Morgan fingerprint density at radius 3 is 2.93 bits per heavy atom. The average molecular weight is 206 g/mol. The van der Waals surface area contributed by atoms with Crippen molar-refractivity contribution >= 4 is 16.7 Å². The molecular weight excluding hydrogens is 196 g/mol. The molecule has 6 heteroatoms. The lowest BCUT2D eigenvalue weighted by molar-refractivity contribution is 0.683. The van der Waals surface area contributed by atoms with E-state index in [0.717, 1.165) is 4.57 Å². The number of pyridine rings is 1. The van der Waals surface area contributed by atoms with Crippen LogP contribution < -0.4 is 17.0 Å². The summed E-state index contributed by atoms with van der Waals surface area (Å²) >= 11 is 0. The van der Waals surface area contributed by atoms with Gasteiger partial charge in [0.2, 0.25) is 0 Å². The fourth-order valence-electron chi connectivity index (χ4n) is 1.48. The van der Waals surface area contributed by atoms with Crippen molar-refractivity contribution in [1.82, 2.24) is 14.5 Å². The van der Waals surface area contributed by atoms with Gasteiger partial charge in [0.15, 0.2) is 0 Å². The Morgan fingerprint density at radius 1 is 1.53 bits per heavy atom. The second-order valence-electron chi connectivity index (χ2n) is 3.10. The molecule has 78 valence electrons. The topological polar surface area (TPSA) is 93.8 Å². The molecule has 2 heterocycles. The van der Waals surface area contributed by atoms with Gasteiger partial charge < -0.3 is 5.73 Å². The fourth-order valence-corrected chi connectivity index (χ4v) is 1.48. The van der Waals surface area contributed by atoms with Gasteiger partial charge in [-0.2, -0.15) is 0 Å². The average Bonchev–Trinajstić information content (AvgIpc) is 2.17. The smallest absolute Gasteiger partial charge is 0.329 e. The van der Waals surface area contributed by atoms with E-state index in [0.29, 0.717) is 12.2 Å². The molecule has 0 spiro atoms. The highest BCUT2D eigenvalue weighted by Gasteiger charge is 2.08. The first-order valence-corrected chi connectivity index (χ1v) is 4.52. The molecule has 0 amide bonds. The number of hydrogen-bond donors (Lipinski definition) is 2. The molecule has 0 unspecified atom stereocenters. The van der Waals surface area contributed by atoms with Crippen LogP contribution in [-0.2, 0) is 6.54 Å². The molecule has 15 heavy (non-hydrogen) atoms. The van der Waals surface area contributed by atoms with Crippen molar-refractivity contribution < 1.29 is 0 Å². The molecule has 0 aliphatic heterocycles. The summed E-state index contributed by atoms with van der Waals surface area (Å²) in [6.07, 6.45) is 1.45. The van der Waals surface area contributed by atoms with Crippen LogP contribution in [0, 0.1) is 0 Å². The van der Waals surface area contributed by atoms with E-state index in [1.807, 2.05) is 0 Å². The van der Waals surface area contributed by atoms with E-state index in [1.165, 1.54) is 12.3 Å². The molecule has 0 atom stereocenters. The summed E-state index contributed by atoms with van der Waals surface area (Å²) in [5.74, 6) is 0. The van der Waals surface area contributed by atoms with Crippen LogP contribution in [0.25, 0.3) is 11.0 Å². The van der Waals surface area contributed by atoms with Crippen LogP contribution in [-0.4, -0.2) is 14.5 Å². The summed E-state index contributed by atoms with van der Waals surface area (Å²) in [4.78, 5) is 29.6. The van der Waals surface area contributed by atoms with Gasteiger partial charge in [-0.25, -0.2) is 9.78 Å². The molecule has 2 aromatic heterocycles. The molecule has 0 aliphatic carbocycles. The van der Waals surface area contributed by atoms with Gasteiger partial charge in [-0.3, -0.25) is 14.3 Å². The Hall–Kier alpha value is -2.11. The number of nitrogens with zero attached hydrogens (tertiary/aromatic N) is 2. The number of aromatic amines is 1. The Morgan fingerprint density at radius 2 is 2.27 bits per heavy atom. The zero-order valence-electron chi connectivity index (χ0n) is 8.15. The summed E-state index contributed by atoms with van der Waals surface area (Å²) in [6, 6.07) is 1.53. The maximum absolute atomic E-state index is 11.8. The van der Waals surface area contributed by atoms with Crippen LogP contribution in [0.5, 0.6) is 0 Å². The van der Waals surface area contributed by atoms with Gasteiger partial charge in [-0.1, -0.05) is 0 Å². The van der Waals surface area contributed by atoms with Crippen LogP contribution in [0.1, 0.15) is 6.92 Å². The van der Waals surface area contributed by atoms with Crippen molar-refractivity contribution in [3.8, 4) is 0 Å². The van der Waals surface area contributed by atoms with Crippen molar-refractivity contribution in [3.63, 3.8) is 0 Å². The monoisotopic (exact) mass is 206 g/mol. The van der Waals surface area contributed by atoms with E-state index in [4.69, 9.17) is 5.73 Å². The number of nitrogens with one attached hydrogen (secondary N) is 1. The van der Waals surface area contributed by atoms with Gasteiger partial charge in [-0.05, 0) is 13.0 Å². The van der Waals surface area contributed by atoms with E-state index in [2.05, 4.69) is 9.97 Å². The number of aromatic nitrogens is 3. The highest BCUT2D eigenvalue weighted by atomic mass is 16.2. The molecular formula is C9H10N4O2. The predicted octanol–water partition coefficient (Wildman–Crippen LogP) is -0.313. The van der Waals surface area contributed by atoms with Crippen LogP contribution in [0.15, 0.2) is 21.9 Å². The third kappa shape index (κ3) is 1.30. The summed E-state index contributed by atoms with van der Waals surface area (Å²) in [7, 11) is 0. The van der Waals surface area contributed by atoms with Crippen LogP contribution in [0.2, 0.25) is 0 Å². The van der Waals surface area contributed by atoms with Crippen LogP contribution in [0.4, 0.5) is 5.69 Å². The number of anilines is 1. The van der Waals surface area contributed by atoms with Gasteiger partial charge in [0.05, 0.1) is 0 Å². The summed E-state index contributed by atoms with van der Waals surface area (Å²) in [5.41, 5.74) is 5.34.